The zero-order valence-electron chi connectivity index (χ0n) is 19.5. The lowest BCUT2D eigenvalue weighted by Gasteiger charge is -2.39. The highest BCUT2D eigenvalue weighted by Crippen LogP contribution is 2.44. The van der Waals surface area contributed by atoms with E-state index < -0.39 is 0 Å². The first-order chi connectivity index (χ1) is 14.9. The smallest absolute Gasteiger partial charge is 0.0465 e. The van der Waals surface area contributed by atoms with Gasteiger partial charge in [0.15, 0.2) is 0 Å². The predicted molar refractivity (Wildman–Crippen MR) is 132 cm³/mol. The van der Waals surface area contributed by atoms with Gasteiger partial charge in [-0.2, -0.15) is 0 Å². The van der Waals surface area contributed by atoms with Crippen molar-refractivity contribution in [3.63, 3.8) is 0 Å². The van der Waals surface area contributed by atoms with Gasteiger partial charge in [0, 0.05) is 79.6 Å². The highest BCUT2D eigenvalue weighted by atomic mass is 15.3. The molecule has 1 aliphatic heterocycles. The molecule has 0 spiro atoms. The molecule has 0 saturated carbocycles. The molecule has 31 heavy (non-hydrogen) atoms. The number of hydrogen-bond donors (Lipinski definition) is 1. The van der Waals surface area contributed by atoms with Crippen molar-refractivity contribution in [1.82, 2.24) is 9.88 Å². The molecule has 2 aliphatic rings. The first kappa shape index (κ1) is 20.3. The minimum Gasteiger partial charge on any atom is -0.369 e. The maximum Gasteiger partial charge on any atom is 0.0465 e. The molecule has 1 aromatic heterocycles. The average molecular weight is 415 g/mol. The van der Waals surface area contributed by atoms with Crippen molar-refractivity contribution in [2.45, 2.75) is 45.6 Å². The number of benzene rings is 2. The van der Waals surface area contributed by atoms with Gasteiger partial charge in [0.25, 0.3) is 0 Å². The Kier molecular flexibility index (Phi) is 4.93. The molecule has 0 radical (unpaired) electrons. The van der Waals surface area contributed by atoms with Crippen LogP contribution in [0.4, 0.5) is 5.69 Å². The molecule has 0 amide bonds. The van der Waals surface area contributed by atoms with E-state index in [1.54, 1.807) is 0 Å². The van der Waals surface area contributed by atoms with E-state index in [-0.39, 0.29) is 5.41 Å². The zero-order chi connectivity index (χ0) is 21.8. The lowest BCUT2D eigenvalue weighted by molar-refractivity contribution is 0.209. The standard InChI is InChI=1S/C27H34N4/c1-18(2)30-10-12-31(13-11-30)21-7-9-24-20(15-21)16-23-22-8-6-19(17-28-5)14-25(22)29-26(23)27(24,3)4/h6-9,14-15,17-18,29H,10-13,16H2,1-5H3. The Morgan fingerprint density at radius 1 is 1.03 bits per heavy atom. The topological polar surface area (TPSA) is 34.6 Å². The fourth-order valence-corrected chi connectivity index (χ4v) is 5.57. The quantitative estimate of drug-likeness (QED) is 0.614. The van der Waals surface area contributed by atoms with Crippen LogP contribution in [0.5, 0.6) is 0 Å². The van der Waals surface area contributed by atoms with Gasteiger partial charge in [-0.3, -0.25) is 9.89 Å². The van der Waals surface area contributed by atoms with Gasteiger partial charge < -0.3 is 9.88 Å². The number of nitrogens with zero attached hydrogens (tertiary/aromatic N) is 3. The Labute approximate surface area is 186 Å². The fourth-order valence-electron chi connectivity index (χ4n) is 5.57. The van der Waals surface area contributed by atoms with Crippen LogP contribution >= 0.6 is 0 Å². The lowest BCUT2D eigenvalue weighted by Crippen LogP contribution is -2.49. The summed E-state index contributed by atoms with van der Waals surface area (Å²) in [5, 5.41) is 1.35. The van der Waals surface area contributed by atoms with Crippen LogP contribution in [0, 0.1) is 0 Å². The Morgan fingerprint density at radius 3 is 2.52 bits per heavy atom. The van der Waals surface area contributed by atoms with Crippen molar-refractivity contribution in [3.8, 4) is 0 Å². The van der Waals surface area contributed by atoms with Crippen LogP contribution in [0.3, 0.4) is 0 Å². The lowest BCUT2D eigenvalue weighted by atomic mass is 9.71. The van der Waals surface area contributed by atoms with E-state index in [4.69, 9.17) is 0 Å². The number of aliphatic imine (C=N–C) groups is 1. The second kappa shape index (κ2) is 7.52. The van der Waals surface area contributed by atoms with Gasteiger partial charge in [0.2, 0.25) is 0 Å². The van der Waals surface area contributed by atoms with Crippen molar-refractivity contribution in [1.29, 1.82) is 0 Å². The first-order valence-electron chi connectivity index (χ1n) is 11.6. The third kappa shape index (κ3) is 3.38. The van der Waals surface area contributed by atoms with Crippen molar-refractivity contribution >= 4 is 22.8 Å². The normalized spacial score (nSPS) is 18.7. The molecule has 4 heteroatoms. The molecule has 2 heterocycles. The van der Waals surface area contributed by atoms with E-state index >= 15 is 0 Å². The molecule has 1 aliphatic carbocycles. The Balaban J connectivity index is 1.50. The highest BCUT2D eigenvalue weighted by molar-refractivity contribution is 5.92. The summed E-state index contributed by atoms with van der Waals surface area (Å²) in [6, 6.07) is 14.5. The van der Waals surface area contributed by atoms with Crippen molar-refractivity contribution in [3.05, 3.63) is 64.3 Å². The molecule has 1 saturated heterocycles. The molecule has 0 bridgehead atoms. The van der Waals surface area contributed by atoms with Crippen LogP contribution in [0.1, 0.15) is 55.6 Å². The summed E-state index contributed by atoms with van der Waals surface area (Å²) in [6.07, 6.45) is 2.92. The number of anilines is 1. The summed E-state index contributed by atoms with van der Waals surface area (Å²) in [5.41, 5.74) is 9.44. The van der Waals surface area contributed by atoms with Crippen molar-refractivity contribution in [2.24, 2.45) is 4.99 Å². The van der Waals surface area contributed by atoms with Crippen LogP contribution in [0.25, 0.3) is 10.9 Å². The predicted octanol–water partition coefficient (Wildman–Crippen LogP) is 4.98. The molecule has 0 atom stereocenters. The van der Waals surface area contributed by atoms with E-state index in [9.17, 15) is 0 Å². The number of aromatic nitrogens is 1. The first-order valence-corrected chi connectivity index (χ1v) is 11.6. The summed E-state index contributed by atoms with van der Waals surface area (Å²) < 4.78 is 0. The molecule has 162 valence electrons. The summed E-state index contributed by atoms with van der Waals surface area (Å²) in [5.74, 6) is 0. The van der Waals surface area contributed by atoms with E-state index in [1.807, 2.05) is 13.3 Å². The molecule has 5 rings (SSSR count). The Morgan fingerprint density at radius 2 is 1.81 bits per heavy atom. The molecular formula is C27H34N4. The van der Waals surface area contributed by atoms with E-state index in [2.05, 4.69) is 83.9 Å². The van der Waals surface area contributed by atoms with E-state index in [0.29, 0.717) is 6.04 Å². The summed E-state index contributed by atoms with van der Waals surface area (Å²) in [4.78, 5) is 13.1. The maximum absolute atomic E-state index is 4.18. The van der Waals surface area contributed by atoms with Gasteiger partial charge in [0.1, 0.15) is 0 Å². The summed E-state index contributed by atoms with van der Waals surface area (Å²) >= 11 is 0. The van der Waals surface area contributed by atoms with Crippen LogP contribution in [-0.2, 0) is 11.8 Å². The minimum absolute atomic E-state index is 0.0319. The number of fused-ring (bicyclic) bond motifs is 4. The third-order valence-corrected chi connectivity index (χ3v) is 7.37. The van der Waals surface area contributed by atoms with Gasteiger partial charge in [-0.1, -0.05) is 32.0 Å². The summed E-state index contributed by atoms with van der Waals surface area (Å²) in [7, 11) is 1.82. The second-order valence-corrected chi connectivity index (χ2v) is 9.93. The van der Waals surface area contributed by atoms with E-state index in [1.165, 1.54) is 39.0 Å². The van der Waals surface area contributed by atoms with Crippen molar-refractivity contribution < 1.29 is 0 Å². The highest BCUT2D eigenvalue weighted by Gasteiger charge is 2.35. The van der Waals surface area contributed by atoms with Crippen molar-refractivity contribution in [2.75, 3.05) is 38.1 Å². The second-order valence-electron chi connectivity index (χ2n) is 9.93. The van der Waals surface area contributed by atoms with Crippen LogP contribution in [0.2, 0.25) is 0 Å². The van der Waals surface area contributed by atoms with E-state index in [0.717, 1.165) is 38.2 Å². The summed E-state index contributed by atoms with van der Waals surface area (Å²) in [6.45, 7) is 13.8. The molecular weight excluding hydrogens is 380 g/mol. The van der Waals surface area contributed by atoms with Gasteiger partial charge in [-0.05, 0) is 54.3 Å². The van der Waals surface area contributed by atoms with Gasteiger partial charge in [-0.25, -0.2) is 0 Å². The molecule has 3 aromatic rings. The number of piperazine rings is 1. The van der Waals surface area contributed by atoms with Crippen LogP contribution in [0.15, 0.2) is 41.4 Å². The third-order valence-electron chi connectivity index (χ3n) is 7.37. The van der Waals surface area contributed by atoms with Crippen LogP contribution in [-0.4, -0.2) is 55.4 Å². The number of hydrogen-bond acceptors (Lipinski definition) is 3. The molecule has 0 unspecified atom stereocenters. The number of aromatic amines is 1. The molecule has 2 aromatic carbocycles. The zero-order valence-corrected chi connectivity index (χ0v) is 19.5. The number of rotatable bonds is 3. The van der Waals surface area contributed by atoms with Gasteiger partial charge in [-0.15, -0.1) is 0 Å². The molecule has 4 nitrogen and oxygen atoms in total. The van der Waals surface area contributed by atoms with Crippen LogP contribution < -0.4 is 4.90 Å². The van der Waals surface area contributed by atoms with Gasteiger partial charge >= 0.3 is 0 Å². The Hall–Kier alpha value is -2.59. The Bertz CT molecular complexity index is 1140. The SMILES string of the molecule is CN=Cc1ccc2c3c([nH]c2c1)C(C)(C)c1ccc(N2CCN(C(C)C)CC2)cc1C3. The minimum atomic E-state index is -0.0319. The number of nitrogens with one attached hydrogen (secondary N) is 1. The van der Waals surface area contributed by atoms with Gasteiger partial charge in [0.05, 0.1) is 0 Å². The average Bonchev–Trinajstić information content (AvgIpc) is 3.12. The monoisotopic (exact) mass is 414 g/mol. The molecule has 1 N–H and O–H groups in total. The fraction of sp³-hybridized carbons (Fsp3) is 0.444. The largest absolute Gasteiger partial charge is 0.369 e. The number of H-pyrrole nitrogens is 1. The molecule has 1 fully saturated rings. The maximum atomic E-state index is 4.18.